The monoisotopic (exact) mass is 117 g/mol. The zero-order valence-corrected chi connectivity index (χ0v) is 5.88. The van der Waals surface area contributed by atoms with Crippen molar-refractivity contribution in [3.8, 4) is 0 Å². The molecule has 0 atom stereocenters. The van der Waals surface area contributed by atoms with Crippen molar-refractivity contribution in [3.63, 3.8) is 0 Å². The predicted octanol–water partition coefficient (Wildman–Crippen LogP) is -0.176. The SMILES string of the molecule is CN(C)C([O])N(C)C. The second-order valence-corrected chi connectivity index (χ2v) is 2.25. The number of nitrogens with zero attached hydrogens (tertiary/aromatic N) is 2. The van der Waals surface area contributed by atoms with Gasteiger partial charge in [-0.15, -0.1) is 0 Å². The Kier molecular flexibility index (Phi) is 2.97. The Balaban J connectivity index is 3.46. The summed E-state index contributed by atoms with van der Waals surface area (Å²) in [5.41, 5.74) is 0. The van der Waals surface area contributed by atoms with E-state index < -0.39 is 6.35 Å². The van der Waals surface area contributed by atoms with Gasteiger partial charge in [-0.1, -0.05) is 0 Å². The van der Waals surface area contributed by atoms with Crippen LogP contribution in [-0.2, 0) is 5.11 Å². The van der Waals surface area contributed by atoms with Crippen molar-refractivity contribution in [1.82, 2.24) is 9.80 Å². The Morgan fingerprint density at radius 2 is 1.25 bits per heavy atom. The summed E-state index contributed by atoms with van der Waals surface area (Å²) >= 11 is 0. The first kappa shape index (κ1) is 7.88. The number of hydrogen-bond acceptors (Lipinski definition) is 2. The minimum Gasteiger partial charge on any atom is -0.269 e. The van der Waals surface area contributed by atoms with Crippen LogP contribution in [0, 0.1) is 0 Å². The largest absolute Gasteiger partial charge is 0.269 e. The van der Waals surface area contributed by atoms with Gasteiger partial charge >= 0.3 is 0 Å². The second-order valence-electron chi connectivity index (χ2n) is 2.25. The molecular formula is C5H13N2O. The van der Waals surface area contributed by atoms with Crippen molar-refractivity contribution in [2.45, 2.75) is 6.35 Å². The van der Waals surface area contributed by atoms with Crippen molar-refractivity contribution in [2.75, 3.05) is 28.2 Å². The summed E-state index contributed by atoms with van der Waals surface area (Å²) in [6.07, 6.45) is -0.713. The van der Waals surface area contributed by atoms with Gasteiger partial charge < -0.3 is 0 Å². The molecule has 0 aliphatic carbocycles. The quantitative estimate of drug-likeness (QED) is 0.469. The normalized spacial score (nSPS) is 12.0. The molecule has 0 N–H and O–H groups in total. The molecule has 0 aromatic heterocycles. The third kappa shape index (κ3) is 2.26. The first-order chi connectivity index (χ1) is 3.55. The van der Waals surface area contributed by atoms with Gasteiger partial charge in [0.25, 0.3) is 0 Å². The molecule has 0 aromatic carbocycles. The summed E-state index contributed by atoms with van der Waals surface area (Å²) in [5.74, 6) is 0. The molecule has 0 bridgehead atoms. The molecule has 0 fully saturated rings. The van der Waals surface area contributed by atoms with Gasteiger partial charge in [0.1, 0.15) is 0 Å². The second kappa shape index (κ2) is 3.02. The van der Waals surface area contributed by atoms with E-state index in [0.717, 1.165) is 0 Å². The summed E-state index contributed by atoms with van der Waals surface area (Å²) < 4.78 is 0. The van der Waals surface area contributed by atoms with Gasteiger partial charge in [0.15, 0.2) is 0 Å². The van der Waals surface area contributed by atoms with Crippen LogP contribution in [0.1, 0.15) is 0 Å². The number of rotatable bonds is 2. The molecule has 0 rings (SSSR count). The van der Waals surface area contributed by atoms with Crippen LogP contribution in [0.15, 0.2) is 0 Å². The van der Waals surface area contributed by atoms with Crippen molar-refractivity contribution in [2.24, 2.45) is 0 Å². The molecule has 0 amide bonds. The molecule has 0 aliphatic heterocycles. The van der Waals surface area contributed by atoms with E-state index in [9.17, 15) is 5.11 Å². The van der Waals surface area contributed by atoms with Crippen LogP contribution >= 0.6 is 0 Å². The van der Waals surface area contributed by atoms with E-state index in [4.69, 9.17) is 0 Å². The minimum atomic E-state index is -0.713. The lowest BCUT2D eigenvalue weighted by atomic mass is 10.7. The first-order valence-electron chi connectivity index (χ1n) is 2.54. The summed E-state index contributed by atoms with van der Waals surface area (Å²) in [4.78, 5) is 3.22. The minimum absolute atomic E-state index is 0.713. The van der Waals surface area contributed by atoms with Crippen molar-refractivity contribution < 1.29 is 5.11 Å². The maximum atomic E-state index is 10.8. The third-order valence-corrected chi connectivity index (χ3v) is 0.884. The standard InChI is InChI=1S/C5H13N2O/c1-6(2)5(8)7(3)4/h5H,1-4H3. The highest BCUT2D eigenvalue weighted by molar-refractivity contribution is 4.43. The molecule has 3 nitrogen and oxygen atoms in total. The Hall–Kier alpha value is -0.120. The van der Waals surface area contributed by atoms with Crippen molar-refractivity contribution in [1.29, 1.82) is 0 Å². The van der Waals surface area contributed by atoms with E-state index in [1.807, 2.05) is 0 Å². The Morgan fingerprint density at radius 1 is 1.00 bits per heavy atom. The van der Waals surface area contributed by atoms with Gasteiger partial charge in [-0.3, -0.25) is 9.80 Å². The molecule has 0 spiro atoms. The fourth-order valence-electron chi connectivity index (χ4n) is 0.462. The molecule has 1 radical (unpaired) electrons. The van der Waals surface area contributed by atoms with Crippen molar-refractivity contribution in [3.05, 3.63) is 0 Å². The highest BCUT2D eigenvalue weighted by Crippen LogP contribution is 1.89. The predicted molar refractivity (Wildman–Crippen MR) is 31.8 cm³/mol. The lowest BCUT2D eigenvalue weighted by Gasteiger charge is -2.22. The Morgan fingerprint density at radius 3 is 1.25 bits per heavy atom. The average molecular weight is 117 g/mol. The molecule has 0 heterocycles. The first-order valence-corrected chi connectivity index (χ1v) is 2.54. The lowest BCUT2D eigenvalue weighted by molar-refractivity contribution is -0.112. The zero-order valence-electron chi connectivity index (χ0n) is 5.88. The van der Waals surface area contributed by atoms with Crippen LogP contribution in [0.5, 0.6) is 0 Å². The van der Waals surface area contributed by atoms with Crippen LogP contribution in [0.3, 0.4) is 0 Å². The Labute approximate surface area is 50.5 Å². The fourth-order valence-corrected chi connectivity index (χ4v) is 0.462. The molecule has 0 saturated heterocycles. The maximum Gasteiger partial charge on any atom is 0.201 e. The molecule has 0 saturated carbocycles. The van der Waals surface area contributed by atoms with Crippen LogP contribution in [0.2, 0.25) is 0 Å². The smallest absolute Gasteiger partial charge is 0.201 e. The van der Waals surface area contributed by atoms with Gasteiger partial charge in [-0.25, -0.2) is 0 Å². The van der Waals surface area contributed by atoms with Crippen LogP contribution in [0.4, 0.5) is 0 Å². The van der Waals surface area contributed by atoms with Gasteiger partial charge in [-0.2, -0.15) is 5.11 Å². The van der Waals surface area contributed by atoms with E-state index >= 15 is 0 Å². The topological polar surface area (TPSA) is 26.4 Å². The van der Waals surface area contributed by atoms with Gasteiger partial charge in [0, 0.05) is 0 Å². The van der Waals surface area contributed by atoms with Crippen LogP contribution in [-0.4, -0.2) is 44.3 Å². The van der Waals surface area contributed by atoms with E-state index in [0.29, 0.717) is 0 Å². The highest BCUT2D eigenvalue weighted by Gasteiger charge is 2.08. The number of hydrogen-bond donors (Lipinski definition) is 0. The summed E-state index contributed by atoms with van der Waals surface area (Å²) in [5, 5.41) is 10.8. The molecule has 0 unspecified atom stereocenters. The molecule has 0 aromatic rings. The molecule has 8 heavy (non-hydrogen) atoms. The summed E-state index contributed by atoms with van der Waals surface area (Å²) in [6.45, 7) is 0. The summed E-state index contributed by atoms with van der Waals surface area (Å²) in [6, 6.07) is 0. The lowest BCUT2D eigenvalue weighted by Crippen LogP contribution is -2.38. The average Bonchev–Trinajstić information content (AvgIpc) is 1.64. The third-order valence-electron chi connectivity index (χ3n) is 0.884. The molecular weight excluding hydrogens is 104 g/mol. The summed E-state index contributed by atoms with van der Waals surface area (Å²) in [7, 11) is 7.05. The highest BCUT2D eigenvalue weighted by atomic mass is 16.3. The van der Waals surface area contributed by atoms with Gasteiger partial charge in [-0.05, 0) is 28.2 Å². The van der Waals surface area contributed by atoms with Crippen molar-refractivity contribution >= 4 is 0 Å². The van der Waals surface area contributed by atoms with Gasteiger partial charge in [0.2, 0.25) is 6.35 Å². The van der Waals surface area contributed by atoms with Crippen LogP contribution < -0.4 is 0 Å². The fraction of sp³-hybridized carbons (Fsp3) is 1.00. The van der Waals surface area contributed by atoms with E-state index in [1.165, 1.54) is 0 Å². The van der Waals surface area contributed by atoms with E-state index in [-0.39, 0.29) is 0 Å². The Bertz CT molecular complexity index is 55.4. The van der Waals surface area contributed by atoms with E-state index in [2.05, 4.69) is 0 Å². The van der Waals surface area contributed by atoms with Crippen LogP contribution in [0.25, 0.3) is 0 Å². The zero-order chi connectivity index (χ0) is 6.73. The maximum absolute atomic E-state index is 10.8. The molecule has 0 aliphatic rings. The van der Waals surface area contributed by atoms with Gasteiger partial charge in [0.05, 0.1) is 0 Å². The van der Waals surface area contributed by atoms with E-state index in [1.54, 1.807) is 38.0 Å². The molecule has 3 heteroatoms. The molecule has 49 valence electrons.